The van der Waals surface area contributed by atoms with Gasteiger partial charge in [-0.25, -0.2) is 0 Å². The molecule has 0 fully saturated rings. The monoisotopic (exact) mass is 412 g/mol. The first-order chi connectivity index (χ1) is 14.0. The summed E-state index contributed by atoms with van der Waals surface area (Å²) in [6.45, 7) is 9.82. The van der Waals surface area contributed by atoms with E-state index >= 15 is 0 Å². The van der Waals surface area contributed by atoms with Crippen molar-refractivity contribution < 1.29 is 14.3 Å². The largest absolute Gasteiger partial charge is 0.463 e. The van der Waals surface area contributed by atoms with E-state index in [-0.39, 0.29) is 11.4 Å². The fraction of sp³-hybridized carbons (Fsp3) is 0.962. The molecular weight excluding hydrogens is 360 g/mol. The topological polar surface area (TPSA) is 35.5 Å². The van der Waals surface area contributed by atoms with Gasteiger partial charge in [0.2, 0.25) is 0 Å². The van der Waals surface area contributed by atoms with Gasteiger partial charge in [-0.1, -0.05) is 110 Å². The molecule has 0 saturated heterocycles. The van der Waals surface area contributed by atoms with Crippen molar-refractivity contribution in [3.8, 4) is 0 Å². The maximum atomic E-state index is 11.8. The van der Waals surface area contributed by atoms with E-state index in [1.165, 1.54) is 96.3 Å². The van der Waals surface area contributed by atoms with Crippen LogP contribution >= 0.6 is 0 Å². The molecule has 0 atom stereocenters. The SMILES string of the molecule is CCCCCCCCCCCCCCCCCCOCCOC(=O)C(C)(C)CC. The fourth-order valence-electron chi connectivity index (χ4n) is 3.39. The van der Waals surface area contributed by atoms with Gasteiger partial charge in [0.1, 0.15) is 6.61 Å². The van der Waals surface area contributed by atoms with Crippen molar-refractivity contribution >= 4 is 5.97 Å². The van der Waals surface area contributed by atoms with E-state index in [2.05, 4.69) is 6.92 Å². The summed E-state index contributed by atoms with van der Waals surface area (Å²) < 4.78 is 10.8. The molecule has 0 aromatic carbocycles. The lowest BCUT2D eigenvalue weighted by Crippen LogP contribution is -2.27. The van der Waals surface area contributed by atoms with Crippen LogP contribution in [0.5, 0.6) is 0 Å². The highest BCUT2D eigenvalue weighted by molar-refractivity contribution is 5.75. The van der Waals surface area contributed by atoms with Crippen molar-refractivity contribution in [1.82, 2.24) is 0 Å². The van der Waals surface area contributed by atoms with Crippen LogP contribution in [-0.2, 0) is 14.3 Å². The molecule has 174 valence electrons. The van der Waals surface area contributed by atoms with Crippen LogP contribution in [0.1, 0.15) is 137 Å². The van der Waals surface area contributed by atoms with Crippen LogP contribution in [0.3, 0.4) is 0 Å². The normalized spacial score (nSPS) is 11.7. The number of ether oxygens (including phenoxy) is 2. The Morgan fingerprint density at radius 1 is 0.586 bits per heavy atom. The van der Waals surface area contributed by atoms with E-state index in [0.29, 0.717) is 13.2 Å². The van der Waals surface area contributed by atoms with Crippen LogP contribution in [0.2, 0.25) is 0 Å². The predicted octanol–water partition coefficient (Wildman–Crippen LogP) is 8.24. The molecule has 0 saturated carbocycles. The zero-order valence-electron chi connectivity index (χ0n) is 20.4. The van der Waals surface area contributed by atoms with Crippen LogP contribution < -0.4 is 0 Å². The first-order valence-corrected chi connectivity index (χ1v) is 12.8. The lowest BCUT2D eigenvalue weighted by molar-refractivity contribution is -0.155. The second kappa shape index (κ2) is 20.7. The van der Waals surface area contributed by atoms with Gasteiger partial charge >= 0.3 is 5.97 Å². The quantitative estimate of drug-likeness (QED) is 0.133. The summed E-state index contributed by atoms with van der Waals surface area (Å²) in [5.74, 6) is -0.119. The second-order valence-corrected chi connectivity index (χ2v) is 9.29. The van der Waals surface area contributed by atoms with Crippen molar-refractivity contribution in [2.45, 2.75) is 137 Å². The minimum absolute atomic E-state index is 0.119. The average molecular weight is 413 g/mol. The van der Waals surface area contributed by atoms with E-state index in [1.807, 2.05) is 20.8 Å². The van der Waals surface area contributed by atoms with Crippen LogP contribution in [0.25, 0.3) is 0 Å². The zero-order valence-corrected chi connectivity index (χ0v) is 20.4. The van der Waals surface area contributed by atoms with E-state index in [4.69, 9.17) is 9.47 Å². The standard InChI is InChI=1S/C26H52O3/c1-5-7-8-9-10-11-12-13-14-15-16-17-18-19-20-21-22-28-23-24-29-25(27)26(3,4)6-2/h5-24H2,1-4H3. The smallest absolute Gasteiger partial charge is 0.311 e. The van der Waals surface area contributed by atoms with Gasteiger partial charge in [-0.3, -0.25) is 4.79 Å². The number of carbonyl (C=O) groups is 1. The molecule has 3 heteroatoms. The third-order valence-electron chi connectivity index (χ3n) is 6.04. The first-order valence-electron chi connectivity index (χ1n) is 12.8. The highest BCUT2D eigenvalue weighted by Crippen LogP contribution is 2.21. The molecule has 0 aromatic rings. The number of rotatable bonds is 22. The molecule has 0 N–H and O–H groups in total. The molecule has 0 heterocycles. The minimum Gasteiger partial charge on any atom is -0.463 e. The number of hydrogen-bond donors (Lipinski definition) is 0. The summed E-state index contributed by atoms with van der Waals surface area (Å²) in [6.07, 6.45) is 22.9. The predicted molar refractivity (Wildman–Crippen MR) is 125 cm³/mol. The van der Waals surface area contributed by atoms with E-state index in [9.17, 15) is 4.79 Å². The van der Waals surface area contributed by atoms with Crippen molar-refractivity contribution in [3.63, 3.8) is 0 Å². The van der Waals surface area contributed by atoms with Gasteiger partial charge in [0.05, 0.1) is 12.0 Å². The maximum absolute atomic E-state index is 11.8. The molecule has 0 aliphatic carbocycles. The summed E-state index contributed by atoms with van der Waals surface area (Å²) in [4.78, 5) is 11.8. The van der Waals surface area contributed by atoms with Gasteiger partial charge in [-0.05, 0) is 26.7 Å². The third-order valence-corrected chi connectivity index (χ3v) is 6.04. The summed E-state index contributed by atoms with van der Waals surface area (Å²) >= 11 is 0. The molecule has 0 bridgehead atoms. The Balaban J connectivity index is 3.15. The Kier molecular flexibility index (Phi) is 20.3. The maximum Gasteiger partial charge on any atom is 0.311 e. The molecule has 3 nitrogen and oxygen atoms in total. The van der Waals surface area contributed by atoms with Gasteiger partial charge in [-0.15, -0.1) is 0 Å². The summed E-state index contributed by atoms with van der Waals surface area (Å²) in [5, 5.41) is 0. The Morgan fingerprint density at radius 2 is 1.00 bits per heavy atom. The minimum atomic E-state index is -0.381. The Labute approximate surface area is 182 Å². The van der Waals surface area contributed by atoms with Gasteiger partial charge in [0.15, 0.2) is 0 Å². The number of unbranched alkanes of at least 4 members (excludes halogenated alkanes) is 15. The molecule has 0 aliphatic heterocycles. The Bertz CT molecular complexity index is 352. The van der Waals surface area contributed by atoms with Crippen LogP contribution in [-0.4, -0.2) is 25.8 Å². The number of esters is 1. The summed E-state index contributed by atoms with van der Waals surface area (Å²) in [6, 6.07) is 0. The third kappa shape index (κ3) is 19.2. The summed E-state index contributed by atoms with van der Waals surface area (Å²) in [7, 11) is 0. The first kappa shape index (κ1) is 28.4. The lowest BCUT2D eigenvalue weighted by Gasteiger charge is -2.20. The van der Waals surface area contributed by atoms with Crippen molar-refractivity contribution in [3.05, 3.63) is 0 Å². The van der Waals surface area contributed by atoms with Gasteiger partial charge in [-0.2, -0.15) is 0 Å². The molecule has 0 rings (SSSR count). The molecule has 0 aliphatic rings. The van der Waals surface area contributed by atoms with Crippen molar-refractivity contribution in [2.75, 3.05) is 19.8 Å². The molecule has 0 amide bonds. The lowest BCUT2D eigenvalue weighted by atomic mass is 9.91. The molecule has 0 aromatic heterocycles. The van der Waals surface area contributed by atoms with Gasteiger partial charge in [0.25, 0.3) is 0 Å². The van der Waals surface area contributed by atoms with Crippen LogP contribution in [0.4, 0.5) is 0 Å². The van der Waals surface area contributed by atoms with E-state index in [1.54, 1.807) is 0 Å². The molecule has 0 radical (unpaired) electrons. The van der Waals surface area contributed by atoms with Crippen molar-refractivity contribution in [2.24, 2.45) is 5.41 Å². The average Bonchev–Trinajstić information content (AvgIpc) is 2.72. The molecular formula is C26H52O3. The van der Waals surface area contributed by atoms with Gasteiger partial charge < -0.3 is 9.47 Å². The second-order valence-electron chi connectivity index (χ2n) is 9.29. The number of hydrogen-bond acceptors (Lipinski definition) is 3. The molecule has 0 spiro atoms. The van der Waals surface area contributed by atoms with Crippen LogP contribution in [0.15, 0.2) is 0 Å². The fourth-order valence-corrected chi connectivity index (χ4v) is 3.39. The van der Waals surface area contributed by atoms with Crippen LogP contribution in [0, 0.1) is 5.41 Å². The van der Waals surface area contributed by atoms with Crippen molar-refractivity contribution in [1.29, 1.82) is 0 Å². The zero-order chi connectivity index (χ0) is 21.6. The van der Waals surface area contributed by atoms with E-state index < -0.39 is 0 Å². The Hall–Kier alpha value is -0.570. The Morgan fingerprint density at radius 3 is 1.41 bits per heavy atom. The highest BCUT2D eigenvalue weighted by Gasteiger charge is 2.26. The summed E-state index contributed by atoms with van der Waals surface area (Å²) in [5.41, 5.74) is -0.381. The molecule has 0 unspecified atom stereocenters. The molecule has 29 heavy (non-hydrogen) atoms. The van der Waals surface area contributed by atoms with Gasteiger partial charge in [0, 0.05) is 6.61 Å². The highest BCUT2D eigenvalue weighted by atomic mass is 16.6. The number of carbonyl (C=O) groups excluding carboxylic acids is 1. The van der Waals surface area contributed by atoms with E-state index in [0.717, 1.165) is 19.4 Å².